The molecule has 0 aromatic rings. The third-order valence-electron chi connectivity index (χ3n) is 11.0. The van der Waals surface area contributed by atoms with Crippen LogP contribution in [-0.2, 0) is 14.3 Å². The van der Waals surface area contributed by atoms with Gasteiger partial charge in [0.25, 0.3) is 0 Å². The molecule has 6 nitrogen and oxygen atoms in total. The van der Waals surface area contributed by atoms with Gasteiger partial charge in [-0.25, -0.2) is 0 Å². The number of carbonyl (C=O) groups is 2. The fourth-order valence-corrected chi connectivity index (χ4v) is 7.22. The molecule has 0 saturated heterocycles. The zero-order chi connectivity index (χ0) is 41.0. The Morgan fingerprint density at radius 1 is 0.518 bits per heavy atom. The van der Waals surface area contributed by atoms with Gasteiger partial charge in [0.2, 0.25) is 5.91 Å². The number of amides is 1. The molecule has 0 aliphatic heterocycles. The fraction of sp³-hybridized carbons (Fsp3) is 0.840. The number of rotatable bonds is 43. The molecule has 0 aromatic heterocycles. The molecule has 3 N–H and O–H groups in total. The molecule has 0 rings (SSSR count). The lowest BCUT2D eigenvalue weighted by Gasteiger charge is -2.24. The van der Waals surface area contributed by atoms with Crippen LogP contribution in [0.1, 0.15) is 245 Å². The van der Waals surface area contributed by atoms with Gasteiger partial charge in [0.1, 0.15) is 6.10 Å². The second-order valence-electron chi connectivity index (χ2n) is 16.5. The minimum atomic E-state index is -0.792. The predicted molar refractivity (Wildman–Crippen MR) is 241 cm³/mol. The van der Waals surface area contributed by atoms with Crippen LogP contribution in [-0.4, -0.2) is 46.9 Å². The van der Waals surface area contributed by atoms with Gasteiger partial charge in [-0.2, -0.15) is 0 Å². The van der Waals surface area contributed by atoms with Gasteiger partial charge in [0.05, 0.1) is 25.2 Å². The van der Waals surface area contributed by atoms with E-state index in [1.165, 1.54) is 116 Å². The van der Waals surface area contributed by atoms with E-state index in [2.05, 4.69) is 62.5 Å². The normalized spacial score (nSPS) is 13.6. The lowest BCUT2D eigenvalue weighted by Crippen LogP contribution is -2.46. The molecule has 0 spiro atoms. The minimum absolute atomic E-state index is 0.0573. The summed E-state index contributed by atoms with van der Waals surface area (Å²) in [5, 5.41) is 23.6. The number of hydrogen-bond acceptors (Lipinski definition) is 5. The van der Waals surface area contributed by atoms with Crippen LogP contribution in [0.2, 0.25) is 0 Å². The number of allylic oxidation sites excluding steroid dienone is 6. The number of carbonyl (C=O) groups excluding carboxylic acids is 2. The van der Waals surface area contributed by atoms with Crippen molar-refractivity contribution in [3.8, 4) is 0 Å². The van der Waals surface area contributed by atoms with Crippen molar-refractivity contribution in [3.63, 3.8) is 0 Å². The zero-order valence-electron chi connectivity index (χ0n) is 37.3. The third kappa shape index (κ3) is 38.9. The van der Waals surface area contributed by atoms with Crippen molar-refractivity contribution >= 4 is 11.9 Å². The van der Waals surface area contributed by atoms with Crippen LogP contribution in [0.4, 0.5) is 0 Å². The summed E-state index contributed by atoms with van der Waals surface area (Å²) in [6.45, 7) is 6.42. The van der Waals surface area contributed by atoms with E-state index in [-0.39, 0.29) is 24.9 Å². The second kappa shape index (κ2) is 44.2. The molecule has 1 amide bonds. The topological polar surface area (TPSA) is 95.9 Å². The van der Waals surface area contributed by atoms with Crippen LogP contribution in [0.5, 0.6) is 0 Å². The van der Waals surface area contributed by atoms with Crippen LogP contribution in [0.25, 0.3) is 0 Å². The maximum atomic E-state index is 13.1. The van der Waals surface area contributed by atoms with Gasteiger partial charge in [0, 0.05) is 6.42 Å². The van der Waals surface area contributed by atoms with Gasteiger partial charge in [0.15, 0.2) is 0 Å². The average molecular weight is 788 g/mol. The maximum Gasteiger partial charge on any atom is 0.306 e. The summed E-state index contributed by atoms with van der Waals surface area (Å²) in [5.74, 6) is -0.520. The quantitative estimate of drug-likeness (QED) is 0.0247. The van der Waals surface area contributed by atoms with Crippen molar-refractivity contribution in [1.82, 2.24) is 5.32 Å². The van der Waals surface area contributed by atoms with Crippen molar-refractivity contribution in [1.29, 1.82) is 0 Å². The van der Waals surface area contributed by atoms with Crippen LogP contribution in [0, 0.1) is 0 Å². The van der Waals surface area contributed by atoms with E-state index in [4.69, 9.17) is 4.74 Å². The number of hydrogen-bond donors (Lipinski definition) is 3. The van der Waals surface area contributed by atoms with Gasteiger partial charge in [-0.1, -0.05) is 198 Å². The molecule has 0 saturated carbocycles. The van der Waals surface area contributed by atoms with Gasteiger partial charge < -0.3 is 20.3 Å². The van der Waals surface area contributed by atoms with Crippen molar-refractivity contribution in [2.24, 2.45) is 0 Å². The van der Waals surface area contributed by atoms with E-state index in [1.807, 2.05) is 0 Å². The van der Waals surface area contributed by atoms with Gasteiger partial charge >= 0.3 is 5.97 Å². The largest absolute Gasteiger partial charge is 0.462 e. The summed E-state index contributed by atoms with van der Waals surface area (Å²) in [6, 6.07) is -0.708. The molecule has 0 radical (unpaired) electrons. The number of aliphatic hydroxyl groups is 2. The number of aliphatic hydroxyl groups excluding tert-OH is 2. The van der Waals surface area contributed by atoms with E-state index in [9.17, 15) is 19.8 Å². The van der Waals surface area contributed by atoms with Crippen molar-refractivity contribution in [2.45, 2.75) is 264 Å². The van der Waals surface area contributed by atoms with Crippen LogP contribution in [0.15, 0.2) is 36.5 Å². The molecule has 0 aliphatic rings. The number of esters is 1. The van der Waals surface area contributed by atoms with Gasteiger partial charge in [-0.3, -0.25) is 9.59 Å². The molecule has 0 heterocycles. The first-order chi connectivity index (χ1) is 27.5. The lowest BCUT2D eigenvalue weighted by molar-refractivity contribution is -0.151. The molecule has 0 aliphatic carbocycles. The smallest absolute Gasteiger partial charge is 0.306 e. The summed E-state index contributed by atoms with van der Waals surface area (Å²) < 4.78 is 5.88. The van der Waals surface area contributed by atoms with E-state index >= 15 is 0 Å². The zero-order valence-corrected chi connectivity index (χ0v) is 37.3. The number of unbranched alkanes of at least 4 members (excludes halogenated alkanes) is 26. The maximum absolute atomic E-state index is 13.1. The Balaban J connectivity index is 4.54. The molecule has 0 bridgehead atoms. The van der Waals surface area contributed by atoms with E-state index < -0.39 is 18.2 Å². The SMILES string of the molecule is CCCC/C=C\CCCCCC(CC(=O)NC(CO)C(O)CCCCCCCCCCCCCC)OC(=O)CCCCC/C=C/C=C/CCCCCCCCC. The number of nitrogens with one attached hydrogen (secondary N) is 1. The van der Waals surface area contributed by atoms with E-state index in [1.54, 1.807) is 0 Å². The highest BCUT2D eigenvalue weighted by molar-refractivity contribution is 5.77. The molecule has 3 unspecified atom stereocenters. The predicted octanol–water partition coefficient (Wildman–Crippen LogP) is 14.1. The molecule has 56 heavy (non-hydrogen) atoms. The Bertz CT molecular complexity index is 930. The van der Waals surface area contributed by atoms with Crippen molar-refractivity contribution in [3.05, 3.63) is 36.5 Å². The summed E-state index contributed by atoms with van der Waals surface area (Å²) in [5.41, 5.74) is 0. The standard InChI is InChI=1S/C50H93NO5/c1-4-7-10-13-16-19-21-23-24-25-26-28-31-34-37-40-43-50(55)56-46(41-38-35-32-29-18-15-12-9-6-3)44-49(54)51-47(45-52)48(53)42-39-36-33-30-27-22-20-17-14-11-8-5-2/h15,18,24-26,28,46-48,52-53H,4-14,16-17,19-23,27,29-45H2,1-3H3,(H,51,54)/b18-15-,25-24+,28-26+. The van der Waals surface area contributed by atoms with Crippen LogP contribution < -0.4 is 5.32 Å². The van der Waals surface area contributed by atoms with Gasteiger partial charge in [-0.05, 0) is 70.6 Å². The summed E-state index contributed by atoms with van der Waals surface area (Å²) in [4.78, 5) is 26.0. The first-order valence-electron chi connectivity index (χ1n) is 24.2. The Morgan fingerprint density at radius 3 is 1.45 bits per heavy atom. The Hall–Kier alpha value is -1.92. The van der Waals surface area contributed by atoms with Crippen LogP contribution in [0.3, 0.4) is 0 Å². The summed E-state index contributed by atoms with van der Waals surface area (Å²) in [6.07, 6.45) is 50.7. The third-order valence-corrected chi connectivity index (χ3v) is 11.0. The first-order valence-corrected chi connectivity index (χ1v) is 24.2. The highest BCUT2D eigenvalue weighted by atomic mass is 16.5. The Kier molecular flexibility index (Phi) is 42.7. The number of ether oxygens (including phenoxy) is 1. The molecule has 328 valence electrons. The van der Waals surface area contributed by atoms with E-state index in [0.717, 1.165) is 83.5 Å². The monoisotopic (exact) mass is 788 g/mol. The molecule has 6 heteroatoms. The molecular formula is C50H93NO5. The van der Waals surface area contributed by atoms with Crippen LogP contribution >= 0.6 is 0 Å². The molecule has 0 aromatic carbocycles. The van der Waals surface area contributed by atoms with Crippen molar-refractivity contribution < 1.29 is 24.5 Å². The molecular weight excluding hydrogens is 695 g/mol. The lowest BCUT2D eigenvalue weighted by atomic mass is 10.0. The molecule has 0 fully saturated rings. The summed E-state index contributed by atoms with van der Waals surface area (Å²) in [7, 11) is 0. The van der Waals surface area contributed by atoms with E-state index in [0.29, 0.717) is 19.3 Å². The first kappa shape index (κ1) is 54.1. The Morgan fingerprint density at radius 2 is 0.929 bits per heavy atom. The Labute approximate surface area is 347 Å². The summed E-state index contributed by atoms with van der Waals surface area (Å²) >= 11 is 0. The minimum Gasteiger partial charge on any atom is -0.462 e. The highest BCUT2D eigenvalue weighted by Crippen LogP contribution is 2.17. The average Bonchev–Trinajstić information content (AvgIpc) is 3.19. The van der Waals surface area contributed by atoms with Gasteiger partial charge in [-0.15, -0.1) is 0 Å². The highest BCUT2D eigenvalue weighted by Gasteiger charge is 2.24. The molecule has 3 atom stereocenters. The fourth-order valence-electron chi connectivity index (χ4n) is 7.22. The second-order valence-corrected chi connectivity index (χ2v) is 16.5. The van der Waals surface area contributed by atoms with Crippen molar-refractivity contribution in [2.75, 3.05) is 6.61 Å².